The van der Waals surface area contributed by atoms with Crippen LogP contribution in [0.1, 0.15) is 36.8 Å². The summed E-state index contributed by atoms with van der Waals surface area (Å²) in [5, 5.41) is 0. The van der Waals surface area contributed by atoms with Gasteiger partial charge in [-0.15, -0.1) is 0 Å². The molecule has 5 heteroatoms. The lowest BCUT2D eigenvalue weighted by atomic mass is 10.1. The fourth-order valence-corrected chi connectivity index (χ4v) is 3.54. The van der Waals surface area contributed by atoms with Crippen molar-refractivity contribution in [2.24, 2.45) is 0 Å². The first kappa shape index (κ1) is 19.4. The summed E-state index contributed by atoms with van der Waals surface area (Å²) in [7, 11) is 1.57. The fraction of sp³-hybridized carbons (Fsp3) is 0.364. The largest absolute Gasteiger partial charge is 0.493 e. The van der Waals surface area contributed by atoms with E-state index in [2.05, 4.69) is 4.90 Å². The molecular formula is C22H25NO3S. The maximum Gasteiger partial charge on any atom is 0.311 e. The number of nitrogens with zero attached hydrogens (tertiary/aromatic N) is 1. The SMILES string of the molecule is COc1ccc(C(=S)N2CCCCC2)cc1OC(=O)CCc1ccccc1. The number of methoxy groups -OCH3 is 1. The molecule has 0 N–H and O–H groups in total. The smallest absolute Gasteiger partial charge is 0.311 e. The highest BCUT2D eigenvalue weighted by Gasteiger charge is 2.18. The van der Waals surface area contributed by atoms with Crippen molar-refractivity contribution in [3.8, 4) is 11.5 Å². The van der Waals surface area contributed by atoms with Crippen LogP contribution >= 0.6 is 12.2 Å². The highest BCUT2D eigenvalue weighted by molar-refractivity contribution is 7.80. The average Bonchev–Trinajstić information content (AvgIpc) is 2.73. The lowest BCUT2D eigenvalue weighted by molar-refractivity contribution is -0.134. The molecule has 0 bridgehead atoms. The Balaban J connectivity index is 1.67. The highest BCUT2D eigenvalue weighted by Crippen LogP contribution is 2.29. The Labute approximate surface area is 166 Å². The number of hydrogen-bond donors (Lipinski definition) is 0. The van der Waals surface area contributed by atoms with Crippen molar-refractivity contribution in [1.29, 1.82) is 0 Å². The molecule has 4 nitrogen and oxygen atoms in total. The molecule has 2 aromatic carbocycles. The van der Waals surface area contributed by atoms with Crippen molar-refractivity contribution >= 4 is 23.2 Å². The third kappa shape index (κ3) is 5.30. The molecule has 142 valence electrons. The number of rotatable bonds is 6. The molecule has 1 saturated heterocycles. The van der Waals surface area contributed by atoms with Crippen LogP contribution in [0.3, 0.4) is 0 Å². The van der Waals surface area contributed by atoms with Crippen LogP contribution in [-0.2, 0) is 11.2 Å². The highest BCUT2D eigenvalue weighted by atomic mass is 32.1. The molecule has 0 radical (unpaired) electrons. The summed E-state index contributed by atoms with van der Waals surface area (Å²) in [6.07, 6.45) is 4.54. The zero-order valence-corrected chi connectivity index (χ0v) is 16.5. The van der Waals surface area contributed by atoms with Crippen molar-refractivity contribution in [1.82, 2.24) is 4.90 Å². The molecule has 0 atom stereocenters. The maximum atomic E-state index is 12.3. The molecule has 1 heterocycles. The van der Waals surface area contributed by atoms with E-state index >= 15 is 0 Å². The third-order valence-electron chi connectivity index (χ3n) is 4.74. The summed E-state index contributed by atoms with van der Waals surface area (Å²) in [6.45, 7) is 1.97. The van der Waals surface area contributed by atoms with E-state index in [0.717, 1.165) is 42.0 Å². The fourth-order valence-electron chi connectivity index (χ4n) is 3.23. The maximum absolute atomic E-state index is 12.3. The van der Waals surface area contributed by atoms with Crippen molar-refractivity contribution < 1.29 is 14.3 Å². The van der Waals surface area contributed by atoms with Gasteiger partial charge in [0.1, 0.15) is 4.99 Å². The molecule has 0 unspecified atom stereocenters. The van der Waals surface area contributed by atoms with Crippen LogP contribution in [0, 0.1) is 0 Å². The molecule has 0 aromatic heterocycles. The zero-order valence-electron chi connectivity index (χ0n) is 15.6. The first-order chi connectivity index (χ1) is 13.2. The Bertz CT molecular complexity index is 785. The molecule has 3 rings (SSSR count). The van der Waals surface area contributed by atoms with E-state index in [-0.39, 0.29) is 5.97 Å². The van der Waals surface area contributed by atoms with Gasteiger partial charge in [0.15, 0.2) is 11.5 Å². The van der Waals surface area contributed by atoms with Crippen LogP contribution in [0.15, 0.2) is 48.5 Å². The van der Waals surface area contributed by atoms with Crippen molar-refractivity contribution in [2.75, 3.05) is 20.2 Å². The Morgan fingerprint density at radius 1 is 1.04 bits per heavy atom. The average molecular weight is 384 g/mol. The lowest BCUT2D eigenvalue weighted by Crippen LogP contribution is -2.34. The van der Waals surface area contributed by atoms with Crippen LogP contribution in [0.2, 0.25) is 0 Å². The van der Waals surface area contributed by atoms with Gasteiger partial charge in [-0.1, -0.05) is 42.5 Å². The van der Waals surface area contributed by atoms with Crippen molar-refractivity contribution in [2.45, 2.75) is 32.1 Å². The van der Waals surface area contributed by atoms with Crippen LogP contribution in [-0.4, -0.2) is 36.1 Å². The van der Waals surface area contributed by atoms with E-state index in [4.69, 9.17) is 21.7 Å². The van der Waals surface area contributed by atoms with Gasteiger partial charge >= 0.3 is 5.97 Å². The number of esters is 1. The van der Waals surface area contributed by atoms with E-state index in [1.54, 1.807) is 7.11 Å². The van der Waals surface area contributed by atoms with Gasteiger partial charge in [0.2, 0.25) is 0 Å². The predicted molar refractivity (Wildman–Crippen MR) is 111 cm³/mol. The number of carbonyl (C=O) groups is 1. The standard InChI is InChI=1S/C22H25NO3S/c1-25-19-12-11-18(22(27)23-14-6-3-7-15-23)16-20(19)26-21(24)13-10-17-8-4-2-5-9-17/h2,4-5,8-9,11-12,16H,3,6-7,10,13-15H2,1H3. The molecule has 0 amide bonds. The van der Waals surface area contributed by atoms with Gasteiger partial charge in [-0.3, -0.25) is 4.79 Å². The predicted octanol–water partition coefficient (Wildman–Crippen LogP) is 4.39. The minimum Gasteiger partial charge on any atom is -0.493 e. The molecule has 1 aliphatic heterocycles. The normalized spacial score (nSPS) is 13.9. The number of thiocarbonyl (C=S) groups is 1. The van der Waals surface area contributed by atoms with E-state index < -0.39 is 0 Å². The summed E-state index contributed by atoms with van der Waals surface area (Å²) >= 11 is 5.65. The van der Waals surface area contributed by atoms with E-state index in [1.807, 2.05) is 48.5 Å². The zero-order chi connectivity index (χ0) is 19.1. The number of ether oxygens (including phenoxy) is 2. The number of benzene rings is 2. The van der Waals surface area contributed by atoms with Crippen molar-refractivity contribution in [3.05, 3.63) is 59.7 Å². The summed E-state index contributed by atoms with van der Waals surface area (Å²) in [5.74, 6) is 0.680. The lowest BCUT2D eigenvalue weighted by Gasteiger charge is -2.29. The van der Waals surface area contributed by atoms with Gasteiger partial charge in [0.25, 0.3) is 0 Å². The Morgan fingerprint density at radius 3 is 2.48 bits per heavy atom. The summed E-state index contributed by atoms with van der Waals surface area (Å²) in [4.78, 5) is 15.3. The number of aryl methyl sites for hydroxylation is 1. The number of piperidine rings is 1. The minimum absolute atomic E-state index is 0.279. The van der Waals surface area contributed by atoms with E-state index in [9.17, 15) is 4.79 Å². The number of likely N-dealkylation sites (tertiary alicyclic amines) is 1. The van der Waals surface area contributed by atoms with Gasteiger partial charge < -0.3 is 14.4 Å². The van der Waals surface area contributed by atoms with E-state index in [0.29, 0.717) is 24.3 Å². The summed E-state index contributed by atoms with van der Waals surface area (Å²) in [5.41, 5.74) is 2.00. The van der Waals surface area contributed by atoms with Gasteiger partial charge in [-0.25, -0.2) is 0 Å². The van der Waals surface area contributed by atoms with Crippen LogP contribution in [0.5, 0.6) is 11.5 Å². The Hall–Kier alpha value is -2.40. The minimum atomic E-state index is -0.279. The third-order valence-corrected chi connectivity index (χ3v) is 5.23. The Kier molecular flexibility index (Phi) is 6.82. The topological polar surface area (TPSA) is 38.8 Å². The van der Waals surface area contributed by atoms with Crippen molar-refractivity contribution in [3.63, 3.8) is 0 Å². The summed E-state index contributed by atoms with van der Waals surface area (Å²) in [6, 6.07) is 15.5. The number of hydrogen-bond acceptors (Lipinski definition) is 4. The van der Waals surface area contributed by atoms with Gasteiger partial charge in [0, 0.05) is 25.1 Å². The first-order valence-electron chi connectivity index (χ1n) is 9.39. The molecule has 1 fully saturated rings. The van der Waals surface area contributed by atoms with Gasteiger partial charge in [0.05, 0.1) is 7.11 Å². The van der Waals surface area contributed by atoms with Crippen LogP contribution < -0.4 is 9.47 Å². The van der Waals surface area contributed by atoms with Crippen LogP contribution in [0.4, 0.5) is 0 Å². The van der Waals surface area contributed by atoms with E-state index in [1.165, 1.54) is 6.42 Å². The monoisotopic (exact) mass is 383 g/mol. The second-order valence-corrected chi connectivity index (χ2v) is 7.06. The molecule has 0 spiro atoms. The first-order valence-corrected chi connectivity index (χ1v) is 9.80. The molecule has 27 heavy (non-hydrogen) atoms. The molecule has 2 aromatic rings. The van der Waals surface area contributed by atoms with Crippen LogP contribution in [0.25, 0.3) is 0 Å². The summed E-state index contributed by atoms with van der Waals surface area (Å²) < 4.78 is 10.9. The molecule has 1 aliphatic rings. The second kappa shape index (κ2) is 9.51. The molecule has 0 aliphatic carbocycles. The molecule has 0 saturated carbocycles. The number of carbonyl (C=O) groups excluding carboxylic acids is 1. The molecular weight excluding hydrogens is 358 g/mol. The Morgan fingerprint density at radius 2 is 1.78 bits per heavy atom. The van der Waals surface area contributed by atoms with Gasteiger partial charge in [-0.2, -0.15) is 0 Å². The second-order valence-electron chi connectivity index (χ2n) is 6.68. The van der Waals surface area contributed by atoms with Gasteiger partial charge in [-0.05, 0) is 49.4 Å². The quantitative estimate of drug-likeness (QED) is 0.420.